The molecule has 0 amide bonds. The molecule has 0 saturated carbocycles. The Morgan fingerprint density at radius 2 is 1.89 bits per heavy atom. The number of hydrogen-bond donors (Lipinski definition) is 2. The molecule has 0 fully saturated rings. The van der Waals surface area contributed by atoms with Crippen LogP contribution in [0.5, 0.6) is 0 Å². The van der Waals surface area contributed by atoms with Crippen molar-refractivity contribution < 1.29 is 4.39 Å². The van der Waals surface area contributed by atoms with E-state index in [0.717, 1.165) is 10.0 Å². The maximum atomic E-state index is 13.7. The third-order valence-corrected chi connectivity index (χ3v) is 3.67. The largest absolute Gasteiger partial charge is 0.271 e. The van der Waals surface area contributed by atoms with E-state index in [-0.39, 0.29) is 11.9 Å². The Morgan fingerprint density at radius 1 is 1.21 bits per heavy atom. The van der Waals surface area contributed by atoms with Crippen LogP contribution in [-0.4, -0.2) is 0 Å². The Kier molecular flexibility index (Phi) is 4.93. The quantitative estimate of drug-likeness (QED) is 0.651. The third-order valence-electron chi connectivity index (χ3n) is 2.91. The van der Waals surface area contributed by atoms with E-state index in [1.807, 2.05) is 24.3 Å². The Morgan fingerprint density at radius 3 is 2.53 bits per heavy atom. The molecule has 0 spiro atoms. The fourth-order valence-corrected chi connectivity index (χ4v) is 2.35. The van der Waals surface area contributed by atoms with Crippen LogP contribution in [0.25, 0.3) is 0 Å². The van der Waals surface area contributed by atoms with Crippen LogP contribution in [0.4, 0.5) is 4.39 Å². The number of hydrogen-bond acceptors (Lipinski definition) is 2. The van der Waals surface area contributed by atoms with Crippen LogP contribution in [0, 0.1) is 5.82 Å². The molecule has 1 atom stereocenters. The summed E-state index contributed by atoms with van der Waals surface area (Å²) in [5, 5.41) is 0.517. The first kappa shape index (κ1) is 14.5. The van der Waals surface area contributed by atoms with Gasteiger partial charge in [0.15, 0.2) is 0 Å². The zero-order chi connectivity index (χ0) is 13.8. The molecule has 100 valence electrons. The number of halogens is 3. The molecule has 2 aromatic carbocycles. The summed E-state index contributed by atoms with van der Waals surface area (Å²) in [6, 6.07) is 12.1. The minimum absolute atomic E-state index is 0.166. The molecule has 3 N–H and O–H groups in total. The smallest absolute Gasteiger partial charge is 0.126 e. The predicted octanol–water partition coefficient (Wildman–Crippen LogP) is 3.99. The molecule has 2 aromatic rings. The predicted molar refractivity (Wildman–Crippen MR) is 79.3 cm³/mol. The zero-order valence-electron chi connectivity index (χ0n) is 10.0. The maximum Gasteiger partial charge on any atom is 0.126 e. The molecule has 0 aliphatic rings. The summed E-state index contributed by atoms with van der Waals surface area (Å²) in [6.07, 6.45) is 0.435. The first-order valence-electron chi connectivity index (χ1n) is 5.75. The van der Waals surface area contributed by atoms with E-state index in [0.29, 0.717) is 17.0 Å². The average molecular weight is 344 g/mol. The van der Waals surface area contributed by atoms with Crippen LogP contribution < -0.4 is 11.3 Å². The molecule has 5 heteroatoms. The number of hydrazine groups is 1. The maximum absolute atomic E-state index is 13.7. The van der Waals surface area contributed by atoms with Crippen LogP contribution in [0.1, 0.15) is 17.2 Å². The number of nitrogens with one attached hydrogen (secondary N) is 1. The highest BCUT2D eigenvalue weighted by Gasteiger charge is 2.13. The lowest BCUT2D eigenvalue weighted by Gasteiger charge is -2.17. The molecule has 0 aliphatic heterocycles. The average Bonchev–Trinajstić information content (AvgIpc) is 2.41. The molecular formula is C14H13BrClFN2. The lowest BCUT2D eigenvalue weighted by Crippen LogP contribution is -2.29. The summed E-state index contributed by atoms with van der Waals surface area (Å²) in [6.45, 7) is 0. The lowest BCUT2D eigenvalue weighted by atomic mass is 9.99. The van der Waals surface area contributed by atoms with Crippen molar-refractivity contribution in [1.29, 1.82) is 0 Å². The topological polar surface area (TPSA) is 38.0 Å². The van der Waals surface area contributed by atoms with Gasteiger partial charge in [0.25, 0.3) is 0 Å². The zero-order valence-corrected chi connectivity index (χ0v) is 12.4. The minimum atomic E-state index is -0.276. The molecule has 0 aromatic heterocycles. The van der Waals surface area contributed by atoms with Gasteiger partial charge in [0.2, 0.25) is 0 Å². The summed E-state index contributed by atoms with van der Waals surface area (Å²) in [5.74, 6) is 5.29. The first-order valence-corrected chi connectivity index (χ1v) is 6.93. The summed E-state index contributed by atoms with van der Waals surface area (Å²) in [4.78, 5) is 0. The molecule has 0 radical (unpaired) electrons. The van der Waals surface area contributed by atoms with Gasteiger partial charge < -0.3 is 0 Å². The number of nitrogens with two attached hydrogens (primary N) is 1. The van der Waals surface area contributed by atoms with Crippen molar-refractivity contribution in [2.24, 2.45) is 5.84 Å². The molecular weight excluding hydrogens is 331 g/mol. The molecule has 1 unspecified atom stereocenters. The normalized spacial score (nSPS) is 12.4. The highest BCUT2D eigenvalue weighted by Crippen LogP contribution is 2.23. The van der Waals surface area contributed by atoms with E-state index in [9.17, 15) is 4.39 Å². The lowest BCUT2D eigenvalue weighted by molar-refractivity contribution is 0.529. The van der Waals surface area contributed by atoms with Crippen LogP contribution in [0.15, 0.2) is 46.9 Å². The highest BCUT2D eigenvalue weighted by molar-refractivity contribution is 9.10. The van der Waals surface area contributed by atoms with Gasteiger partial charge in [-0.15, -0.1) is 0 Å². The van der Waals surface area contributed by atoms with Crippen LogP contribution in [-0.2, 0) is 6.42 Å². The summed E-state index contributed by atoms with van der Waals surface area (Å²) in [7, 11) is 0. The van der Waals surface area contributed by atoms with Gasteiger partial charge in [-0.2, -0.15) is 0 Å². The van der Waals surface area contributed by atoms with Gasteiger partial charge in [-0.3, -0.25) is 11.3 Å². The van der Waals surface area contributed by atoms with Crippen molar-refractivity contribution in [2.75, 3.05) is 0 Å². The second kappa shape index (κ2) is 6.48. The standard InChI is InChI=1S/C14H13BrClFN2/c15-11-3-1-9(2-4-11)14(19-18)8-10-7-12(16)5-6-13(10)17/h1-7,14,19H,8,18H2. The van der Waals surface area contributed by atoms with Crippen molar-refractivity contribution >= 4 is 27.5 Å². The van der Waals surface area contributed by atoms with Crippen LogP contribution in [0.2, 0.25) is 5.02 Å². The molecule has 0 heterocycles. The summed E-state index contributed by atoms with van der Waals surface area (Å²) in [5.41, 5.74) is 4.24. The van der Waals surface area contributed by atoms with Gasteiger partial charge in [0, 0.05) is 9.50 Å². The van der Waals surface area contributed by atoms with Crippen molar-refractivity contribution in [3.63, 3.8) is 0 Å². The number of rotatable bonds is 4. The van der Waals surface area contributed by atoms with Crippen molar-refractivity contribution in [3.05, 3.63) is 68.9 Å². The fourth-order valence-electron chi connectivity index (χ4n) is 1.89. The van der Waals surface area contributed by atoms with Gasteiger partial charge >= 0.3 is 0 Å². The molecule has 2 rings (SSSR count). The van der Waals surface area contributed by atoms with Gasteiger partial charge in [-0.1, -0.05) is 39.7 Å². The second-order valence-corrected chi connectivity index (χ2v) is 5.56. The Labute approximate surface area is 124 Å². The monoisotopic (exact) mass is 342 g/mol. The molecule has 0 aliphatic carbocycles. The molecule has 0 saturated heterocycles. The SMILES string of the molecule is NNC(Cc1cc(Cl)ccc1F)c1ccc(Br)cc1. The summed E-state index contributed by atoms with van der Waals surface area (Å²) >= 11 is 9.26. The van der Waals surface area contributed by atoms with E-state index in [1.165, 1.54) is 12.1 Å². The van der Waals surface area contributed by atoms with Gasteiger partial charge in [-0.25, -0.2) is 4.39 Å². The van der Waals surface area contributed by atoms with E-state index in [2.05, 4.69) is 21.4 Å². The van der Waals surface area contributed by atoms with Crippen LogP contribution in [0.3, 0.4) is 0 Å². The van der Waals surface area contributed by atoms with E-state index >= 15 is 0 Å². The first-order chi connectivity index (χ1) is 9.10. The van der Waals surface area contributed by atoms with Crippen molar-refractivity contribution in [3.8, 4) is 0 Å². The second-order valence-electron chi connectivity index (χ2n) is 4.21. The third kappa shape index (κ3) is 3.76. The number of benzene rings is 2. The molecule has 0 bridgehead atoms. The van der Waals surface area contributed by atoms with Crippen molar-refractivity contribution in [1.82, 2.24) is 5.43 Å². The van der Waals surface area contributed by atoms with E-state index < -0.39 is 0 Å². The highest BCUT2D eigenvalue weighted by atomic mass is 79.9. The fraction of sp³-hybridized carbons (Fsp3) is 0.143. The van der Waals surface area contributed by atoms with Gasteiger partial charge in [0.1, 0.15) is 5.82 Å². The minimum Gasteiger partial charge on any atom is -0.271 e. The van der Waals surface area contributed by atoms with Gasteiger partial charge in [-0.05, 0) is 47.9 Å². The Balaban J connectivity index is 2.23. The van der Waals surface area contributed by atoms with E-state index in [4.69, 9.17) is 17.4 Å². The van der Waals surface area contributed by atoms with E-state index in [1.54, 1.807) is 6.07 Å². The molecule has 19 heavy (non-hydrogen) atoms. The summed E-state index contributed by atoms with van der Waals surface area (Å²) < 4.78 is 14.7. The van der Waals surface area contributed by atoms with Crippen LogP contribution >= 0.6 is 27.5 Å². The Bertz CT molecular complexity index is 560. The van der Waals surface area contributed by atoms with Gasteiger partial charge in [0.05, 0.1) is 6.04 Å². The Hall–Kier alpha value is -0.940. The van der Waals surface area contributed by atoms with Crippen molar-refractivity contribution in [2.45, 2.75) is 12.5 Å². The molecule has 2 nitrogen and oxygen atoms in total.